The molecule has 120 valence electrons. The minimum absolute atomic E-state index is 0.0965. The van der Waals surface area contributed by atoms with Gasteiger partial charge < -0.3 is 14.4 Å². The largest absolute Gasteiger partial charge is 0.381 e. The molecule has 3 rings (SSSR count). The molecule has 4 nitrogen and oxygen atoms in total. The molecule has 1 spiro atoms. The van der Waals surface area contributed by atoms with E-state index in [1.54, 1.807) is 7.11 Å². The molecule has 2 saturated heterocycles. The van der Waals surface area contributed by atoms with Gasteiger partial charge in [-0.25, -0.2) is 0 Å². The lowest BCUT2D eigenvalue weighted by Gasteiger charge is -2.45. The van der Waals surface area contributed by atoms with Crippen molar-refractivity contribution in [1.29, 1.82) is 0 Å². The number of likely N-dealkylation sites (tertiary alicyclic amines) is 1. The molecule has 1 atom stereocenters. The number of hydrogen-bond acceptors (Lipinski definition) is 3. The lowest BCUT2D eigenvalue weighted by molar-refractivity contribution is -0.148. The molecule has 0 aliphatic carbocycles. The van der Waals surface area contributed by atoms with Crippen LogP contribution in [0.4, 0.5) is 0 Å². The Labute approximate surface area is 132 Å². The topological polar surface area (TPSA) is 38.8 Å². The fourth-order valence-electron chi connectivity index (χ4n) is 3.78. The highest BCUT2D eigenvalue weighted by atomic mass is 16.5. The van der Waals surface area contributed by atoms with Crippen molar-refractivity contribution in [3.63, 3.8) is 0 Å². The molecule has 22 heavy (non-hydrogen) atoms. The van der Waals surface area contributed by atoms with Crippen LogP contribution in [-0.4, -0.2) is 44.2 Å². The molecule has 0 unspecified atom stereocenters. The number of hydrogen-bond donors (Lipinski definition) is 0. The van der Waals surface area contributed by atoms with Crippen molar-refractivity contribution in [2.24, 2.45) is 5.41 Å². The van der Waals surface area contributed by atoms with Crippen molar-refractivity contribution in [1.82, 2.24) is 4.90 Å². The molecule has 0 radical (unpaired) electrons. The summed E-state index contributed by atoms with van der Waals surface area (Å²) in [6, 6.07) is 9.77. The number of piperidine rings is 1. The molecular formula is C18H25NO3. The van der Waals surface area contributed by atoms with Crippen LogP contribution in [0.3, 0.4) is 0 Å². The highest BCUT2D eigenvalue weighted by molar-refractivity contribution is 5.82. The zero-order chi connectivity index (χ0) is 15.4. The maximum absolute atomic E-state index is 12.9. The predicted molar refractivity (Wildman–Crippen MR) is 84.5 cm³/mol. The number of carbonyl (C=O) groups excluding carboxylic acids is 1. The molecule has 1 aromatic rings. The standard InChI is InChI=1S/C18H25NO3/c1-21-16(15-6-3-2-4-7-15)17(20)19-11-5-8-18(14-19)9-12-22-13-10-18/h2-4,6-7,16H,5,8-14H2,1H3/t16-/m1/s1. The number of amides is 1. The van der Waals surface area contributed by atoms with Gasteiger partial charge in [-0.1, -0.05) is 30.3 Å². The summed E-state index contributed by atoms with van der Waals surface area (Å²) in [6.45, 7) is 3.35. The van der Waals surface area contributed by atoms with Crippen molar-refractivity contribution in [3.8, 4) is 0 Å². The van der Waals surface area contributed by atoms with Crippen molar-refractivity contribution in [2.75, 3.05) is 33.4 Å². The van der Waals surface area contributed by atoms with E-state index in [0.29, 0.717) is 0 Å². The Balaban J connectivity index is 1.73. The minimum atomic E-state index is -0.490. The van der Waals surface area contributed by atoms with Crippen molar-refractivity contribution in [3.05, 3.63) is 35.9 Å². The number of rotatable bonds is 3. The average Bonchev–Trinajstić information content (AvgIpc) is 2.57. The van der Waals surface area contributed by atoms with Crippen LogP contribution in [0.15, 0.2) is 30.3 Å². The van der Waals surface area contributed by atoms with Crippen molar-refractivity contribution < 1.29 is 14.3 Å². The lowest BCUT2D eigenvalue weighted by atomic mass is 9.74. The normalized spacial score (nSPS) is 22.5. The maximum Gasteiger partial charge on any atom is 0.256 e. The van der Waals surface area contributed by atoms with Crippen LogP contribution >= 0.6 is 0 Å². The van der Waals surface area contributed by atoms with Gasteiger partial charge in [0.15, 0.2) is 6.10 Å². The van der Waals surface area contributed by atoms with E-state index in [9.17, 15) is 4.79 Å². The first kappa shape index (κ1) is 15.5. The molecule has 4 heteroatoms. The van der Waals surface area contributed by atoms with Crippen LogP contribution in [0.25, 0.3) is 0 Å². The van der Waals surface area contributed by atoms with Gasteiger partial charge in [0, 0.05) is 33.4 Å². The number of ether oxygens (including phenoxy) is 2. The Morgan fingerprint density at radius 1 is 1.23 bits per heavy atom. The van der Waals surface area contributed by atoms with Crippen LogP contribution in [0.1, 0.15) is 37.4 Å². The molecule has 2 aliphatic rings. The molecule has 2 fully saturated rings. The molecule has 0 aromatic heterocycles. The van der Waals surface area contributed by atoms with E-state index in [0.717, 1.165) is 51.1 Å². The average molecular weight is 303 g/mol. The number of benzene rings is 1. The van der Waals surface area contributed by atoms with Crippen LogP contribution in [0.5, 0.6) is 0 Å². The van der Waals surface area contributed by atoms with Gasteiger partial charge in [0.2, 0.25) is 0 Å². The zero-order valence-corrected chi connectivity index (χ0v) is 13.3. The number of carbonyl (C=O) groups is 1. The summed E-state index contributed by atoms with van der Waals surface area (Å²) in [5.41, 5.74) is 1.20. The van der Waals surface area contributed by atoms with E-state index >= 15 is 0 Å². The van der Waals surface area contributed by atoms with Gasteiger partial charge in [-0.3, -0.25) is 4.79 Å². The summed E-state index contributed by atoms with van der Waals surface area (Å²) in [5, 5.41) is 0. The molecule has 0 N–H and O–H groups in total. The van der Waals surface area contributed by atoms with E-state index in [4.69, 9.17) is 9.47 Å². The molecular weight excluding hydrogens is 278 g/mol. The van der Waals surface area contributed by atoms with Gasteiger partial charge in [-0.15, -0.1) is 0 Å². The molecule has 2 heterocycles. The van der Waals surface area contributed by atoms with Gasteiger partial charge in [0.05, 0.1) is 0 Å². The second-order valence-electron chi connectivity index (χ2n) is 6.50. The van der Waals surface area contributed by atoms with E-state index in [-0.39, 0.29) is 11.3 Å². The highest BCUT2D eigenvalue weighted by Crippen LogP contribution is 2.39. The van der Waals surface area contributed by atoms with E-state index in [1.165, 1.54) is 6.42 Å². The summed E-state index contributed by atoms with van der Waals surface area (Å²) in [7, 11) is 1.61. The summed E-state index contributed by atoms with van der Waals surface area (Å²) in [6.07, 6.45) is 3.94. The summed E-state index contributed by atoms with van der Waals surface area (Å²) >= 11 is 0. The first-order valence-electron chi connectivity index (χ1n) is 8.18. The monoisotopic (exact) mass is 303 g/mol. The first-order chi connectivity index (χ1) is 10.7. The molecule has 1 amide bonds. The second kappa shape index (κ2) is 6.80. The molecule has 1 aromatic carbocycles. The Morgan fingerprint density at radius 2 is 1.95 bits per heavy atom. The fourth-order valence-corrected chi connectivity index (χ4v) is 3.78. The quantitative estimate of drug-likeness (QED) is 0.862. The van der Waals surface area contributed by atoms with Gasteiger partial charge in [-0.05, 0) is 36.7 Å². The highest BCUT2D eigenvalue weighted by Gasteiger charge is 2.39. The van der Waals surface area contributed by atoms with Gasteiger partial charge >= 0.3 is 0 Å². The van der Waals surface area contributed by atoms with Crippen molar-refractivity contribution >= 4 is 5.91 Å². The van der Waals surface area contributed by atoms with Crippen LogP contribution in [0.2, 0.25) is 0 Å². The summed E-state index contributed by atoms with van der Waals surface area (Å²) < 4.78 is 11.0. The van der Waals surface area contributed by atoms with Crippen LogP contribution < -0.4 is 0 Å². The third kappa shape index (κ3) is 3.18. The van der Waals surface area contributed by atoms with Gasteiger partial charge in [0.25, 0.3) is 5.91 Å². The molecule has 0 saturated carbocycles. The smallest absolute Gasteiger partial charge is 0.256 e. The van der Waals surface area contributed by atoms with E-state index in [2.05, 4.69) is 0 Å². The number of nitrogens with zero attached hydrogens (tertiary/aromatic N) is 1. The van der Waals surface area contributed by atoms with Crippen LogP contribution in [0, 0.1) is 5.41 Å². The zero-order valence-electron chi connectivity index (χ0n) is 13.3. The van der Waals surface area contributed by atoms with Crippen LogP contribution in [-0.2, 0) is 14.3 Å². The Morgan fingerprint density at radius 3 is 2.64 bits per heavy atom. The van der Waals surface area contributed by atoms with Gasteiger partial charge in [-0.2, -0.15) is 0 Å². The molecule has 2 aliphatic heterocycles. The Kier molecular flexibility index (Phi) is 4.79. The van der Waals surface area contributed by atoms with Gasteiger partial charge in [0.1, 0.15) is 0 Å². The molecule has 0 bridgehead atoms. The lowest BCUT2D eigenvalue weighted by Crippen LogP contribution is -2.49. The Hall–Kier alpha value is -1.39. The summed E-state index contributed by atoms with van der Waals surface area (Å²) in [4.78, 5) is 14.9. The summed E-state index contributed by atoms with van der Waals surface area (Å²) in [5.74, 6) is 0.0965. The van der Waals surface area contributed by atoms with E-state index in [1.807, 2.05) is 35.2 Å². The third-order valence-electron chi connectivity index (χ3n) is 5.09. The minimum Gasteiger partial charge on any atom is -0.381 e. The third-order valence-corrected chi connectivity index (χ3v) is 5.09. The predicted octanol–water partition coefficient (Wildman–Crippen LogP) is 2.79. The first-order valence-corrected chi connectivity index (χ1v) is 8.18. The second-order valence-corrected chi connectivity index (χ2v) is 6.50. The Bertz CT molecular complexity index is 491. The maximum atomic E-state index is 12.9. The fraction of sp³-hybridized carbons (Fsp3) is 0.611. The van der Waals surface area contributed by atoms with Crippen molar-refractivity contribution in [2.45, 2.75) is 31.8 Å². The SMILES string of the molecule is CO[C@@H](C(=O)N1CCCC2(CCOCC2)C1)c1ccccc1. The van der Waals surface area contributed by atoms with E-state index < -0.39 is 6.10 Å². The number of methoxy groups -OCH3 is 1.